The van der Waals surface area contributed by atoms with Gasteiger partial charge in [-0.2, -0.15) is 0 Å². The van der Waals surface area contributed by atoms with Gasteiger partial charge in [-0.3, -0.25) is 4.79 Å². The summed E-state index contributed by atoms with van der Waals surface area (Å²) in [7, 11) is 1.58. The minimum Gasteiger partial charge on any atom is -0.382 e. The van der Waals surface area contributed by atoms with Crippen molar-refractivity contribution < 1.29 is 18.7 Å². The van der Waals surface area contributed by atoms with Crippen LogP contribution in [0.4, 0.5) is 4.39 Å². The minimum atomic E-state index is -0.294. The van der Waals surface area contributed by atoms with E-state index < -0.39 is 0 Å². The molecule has 0 aliphatic rings. The Labute approximate surface area is 113 Å². The fourth-order valence-corrected chi connectivity index (χ4v) is 1.63. The van der Waals surface area contributed by atoms with Crippen LogP contribution in [0.3, 0.4) is 0 Å². The van der Waals surface area contributed by atoms with Gasteiger partial charge in [0.2, 0.25) is 5.91 Å². The number of benzene rings is 1. The number of hydrogen-bond acceptors (Lipinski definition) is 3. The van der Waals surface area contributed by atoms with E-state index in [2.05, 4.69) is 0 Å². The van der Waals surface area contributed by atoms with E-state index in [1.54, 1.807) is 24.1 Å². The van der Waals surface area contributed by atoms with E-state index in [1.165, 1.54) is 12.1 Å². The highest BCUT2D eigenvalue weighted by molar-refractivity contribution is 5.77. The lowest BCUT2D eigenvalue weighted by Crippen LogP contribution is -2.33. The molecule has 0 unspecified atom stereocenters. The molecule has 5 heteroatoms. The first-order valence-electron chi connectivity index (χ1n) is 6.26. The van der Waals surface area contributed by atoms with Gasteiger partial charge in [0.05, 0.1) is 13.2 Å². The zero-order valence-electron chi connectivity index (χ0n) is 11.4. The number of carbonyl (C=O) groups excluding carboxylic acids is 1. The maximum absolute atomic E-state index is 13.1. The predicted octanol–water partition coefficient (Wildman–Crippen LogP) is 1.84. The van der Waals surface area contributed by atoms with E-state index >= 15 is 0 Å². The van der Waals surface area contributed by atoms with Crippen molar-refractivity contribution in [1.29, 1.82) is 0 Å². The van der Waals surface area contributed by atoms with E-state index in [0.29, 0.717) is 26.3 Å². The van der Waals surface area contributed by atoms with Gasteiger partial charge in [-0.05, 0) is 24.6 Å². The smallest absolute Gasteiger partial charge is 0.248 e. The van der Waals surface area contributed by atoms with E-state index in [4.69, 9.17) is 9.47 Å². The number of hydrogen-bond donors (Lipinski definition) is 0. The monoisotopic (exact) mass is 269 g/mol. The second kappa shape index (κ2) is 8.61. The van der Waals surface area contributed by atoms with Crippen LogP contribution in [0, 0.1) is 5.82 Å². The first-order chi connectivity index (χ1) is 9.17. The van der Waals surface area contributed by atoms with Crippen LogP contribution in [0.1, 0.15) is 12.5 Å². The Balaban J connectivity index is 2.46. The van der Waals surface area contributed by atoms with Crippen LogP contribution >= 0.6 is 0 Å². The van der Waals surface area contributed by atoms with Crippen molar-refractivity contribution in [3.63, 3.8) is 0 Å². The van der Waals surface area contributed by atoms with Gasteiger partial charge in [0.1, 0.15) is 12.4 Å². The molecule has 0 fully saturated rings. The molecule has 0 heterocycles. The second-order valence-corrected chi connectivity index (χ2v) is 4.08. The highest BCUT2D eigenvalue weighted by Gasteiger charge is 2.12. The number of halogens is 1. The van der Waals surface area contributed by atoms with Crippen LogP contribution in [-0.2, 0) is 20.8 Å². The summed E-state index contributed by atoms with van der Waals surface area (Å²) in [5.41, 5.74) is 0.770. The van der Waals surface area contributed by atoms with Crippen LogP contribution in [0.2, 0.25) is 0 Å². The predicted molar refractivity (Wildman–Crippen MR) is 70.2 cm³/mol. The number of amides is 1. The second-order valence-electron chi connectivity index (χ2n) is 4.08. The van der Waals surface area contributed by atoms with Crippen LogP contribution in [0.5, 0.6) is 0 Å². The number of nitrogens with zero attached hydrogens (tertiary/aromatic N) is 1. The Bertz CT molecular complexity index is 398. The number of ether oxygens (including phenoxy) is 2. The van der Waals surface area contributed by atoms with Gasteiger partial charge in [-0.25, -0.2) is 4.39 Å². The fourth-order valence-electron chi connectivity index (χ4n) is 1.63. The maximum Gasteiger partial charge on any atom is 0.248 e. The third-order valence-electron chi connectivity index (χ3n) is 2.65. The van der Waals surface area contributed by atoms with Crippen molar-refractivity contribution in [2.75, 3.05) is 33.5 Å². The van der Waals surface area contributed by atoms with Crippen molar-refractivity contribution in [2.24, 2.45) is 0 Å². The zero-order valence-corrected chi connectivity index (χ0v) is 11.4. The van der Waals surface area contributed by atoms with Gasteiger partial charge < -0.3 is 14.4 Å². The molecule has 0 aliphatic heterocycles. The molecule has 0 bridgehead atoms. The summed E-state index contributed by atoms with van der Waals surface area (Å²) in [6, 6.07) is 6.25. The summed E-state index contributed by atoms with van der Waals surface area (Å²) < 4.78 is 23.1. The molecule has 1 aromatic carbocycles. The van der Waals surface area contributed by atoms with Crippen molar-refractivity contribution >= 4 is 5.91 Å². The Morgan fingerprint density at radius 2 is 2.16 bits per heavy atom. The summed E-state index contributed by atoms with van der Waals surface area (Å²) in [5, 5.41) is 0. The summed E-state index contributed by atoms with van der Waals surface area (Å²) in [5.74, 6) is -0.403. The van der Waals surface area contributed by atoms with Gasteiger partial charge in [-0.1, -0.05) is 12.1 Å². The number of carbonyl (C=O) groups is 1. The van der Waals surface area contributed by atoms with Gasteiger partial charge >= 0.3 is 0 Å². The molecular weight excluding hydrogens is 249 g/mol. The third-order valence-corrected chi connectivity index (χ3v) is 2.65. The Morgan fingerprint density at radius 1 is 1.37 bits per heavy atom. The standard InChI is InChI=1S/C14H20FNO3/c1-3-16(14(17)11-19-8-7-18-2)10-12-5-4-6-13(15)9-12/h4-6,9H,3,7-8,10-11H2,1-2H3. The molecule has 106 valence electrons. The molecule has 1 amide bonds. The average molecular weight is 269 g/mol. The third kappa shape index (κ3) is 5.81. The molecule has 0 N–H and O–H groups in total. The summed E-state index contributed by atoms with van der Waals surface area (Å²) in [6.45, 7) is 3.70. The first kappa shape index (κ1) is 15.6. The number of rotatable bonds is 8. The fraction of sp³-hybridized carbons (Fsp3) is 0.500. The van der Waals surface area contributed by atoms with Crippen molar-refractivity contribution in [2.45, 2.75) is 13.5 Å². The highest BCUT2D eigenvalue weighted by Crippen LogP contribution is 2.07. The Morgan fingerprint density at radius 3 is 2.79 bits per heavy atom. The normalized spacial score (nSPS) is 10.5. The minimum absolute atomic E-state index is 0.0204. The Kier molecular flexibility index (Phi) is 7.07. The molecule has 1 aromatic rings. The molecule has 0 saturated heterocycles. The molecule has 0 spiro atoms. The SMILES string of the molecule is CCN(Cc1cccc(F)c1)C(=O)COCCOC. The largest absolute Gasteiger partial charge is 0.382 e. The lowest BCUT2D eigenvalue weighted by atomic mass is 10.2. The Hall–Kier alpha value is -1.46. The first-order valence-corrected chi connectivity index (χ1v) is 6.26. The molecule has 19 heavy (non-hydrogen) atoms. The lowest BCUT2D eigenvalue weighted by molar-refractivity contribution is -0.137. The number of likely N-dealkylation sites (N-methyl/N-ethyl adjacent to an activating group) is 1. The zero-order chi connectivity index (χ0) is 14.1. The van der Waals surface area contributed by atoms with E-state index in [0.717, 1.165) is 5.56 Å². The average Bonchev–Trinajstić information content (AvgIpc) is 2.41. The van der Waals surface area contributed by atoms with Crippen molar-refractivity contribution in [3.8, 4) is 0 Å². The van der Waals surface area contributed by atoms with E-state index in [9.17, 15) is 9.18 Å². The van der Waals surface area contributed by atoms with Gasteiger partial charge in [0, 0.05) is 20.2 Å². The van der Waals surface area contributed by atoms with Crippen molar-refractivity contribution in [3.05, 3.63) is 35.6 Å². The molecule has 0 aliphatic carbocycles. The van der Waals surface area contributed by atoms with Crippen molar-refractivity contribution in [1.82, 2.24) is 4.90 Å². The topological polar surface area (TPSA) is 38.8 Å². The quantitative estimate of drug-likeness (QED) is 0.676. The molecule has 0 saturated carbocycles. The summed E-state index contributed by atoms with van der Waals surface area (Å²) in [4.78, 5) is 13.5. The van der Waals surface area contributed by atoms with Gasteiger partial charge in [0.25, 0.3) is 0 Å². The lowest BCUT2D eigenvalue weighted by Gasteiger charge is -2.21. The van der Waals surface area contributed by atoms with Crippen LogP contribution in [0.25, 0.3) is 0 Å². The molecule has 4 nitrogen and oxygen atoms in total. The molecule has 0 atom stereocenters. The van der Waals surface area contributed by atoms with E-state index in [-0.39, 0.29) is 18.3 Å². The van der Waals surface area contributed by atoms with Crippen LogP contribution in [0.15, 0.2) is 24.3 Å². The maximum atomic E-state index is 13.1. The van der Waals surface area contributed by atoms with Gasteiger partial charge in [0.15, 0.2) is 0 Å². The molecule has 0 radical (unpaired) electrons. The summed E-state index contributed by atoms with van der Waals surface area (Å²) in [6.07, 6.45) is 0. The highest BCUT2D eigenvalue weighted by atomic mass is 19.1. The molecular formula is C14H20FNO3. The molecule has 1 rings (SSSR count). The summed E-state index contributed by atoms with van der Waals surface area (Å²) >= 11 is 0. The van der Waals surface area contributed by atoms with E-state index in [1.807, 2.05) is 6.92 Å². The van der Waals surface area contributed by atoms with Crippen LogP contribution in [-0.4, -0.2) is 44.3 Å². The number of methoxy groups -OCH3 is 1. The van der Waals surface area contributed by atoms with Gasteiger partial charge in [-0.15, -0.1) is 0 Å². The van der Waals surface area contributed by atoms with Crippen LogP contribution < -0.4 is 0 Å². The molecule has 0 aromatic heterocycles.